The Morgan fingerprint density at radius 3 is 2.16 bits per heavy atom. The Labute approximate surface area is 124 Å². The van der Waals surface area contributed by atoms with Gasteiger partial charge in [0.2, 0.25) is 0 Å². The highest BCUT2D eigenvalue weighted by Crippen LogP contribution is 2.33. The summed E-state index contributed by atoms with van der Waals surface area (Å²) in [6.45, 7) is 6.05. The fourth-order valence-electron chi connectivity index (χ4n) is 2.07. The molecule has 0 aliphatic rings. The third-order valence-electron chi connectivity index (χ3n) is 3.39. The smallest absolute Gasteiger partial charge is 0.0487 e. The highest BCUT2D eigenvalue weighted by molar-refractivity contribution is 6.34. The Bertz CT molecular complexity index is 618. The summed E-state index contributed by atoms with van der Waals surface area (Å²) in [7, 11) is 0. The maximum Gasteiger partial charge on any atom is 0.0487 e. The molecule has 0 fully saturated rings. The second-order valence-electron chi connectivity index (χ2n) is 4.94. The summed E-state index contributed by atoms with van der Waals surface area (Å²) >= 11 is 12.6. The van der Waals surface area contributed by atoms with Crippen LogP contribution in [0.15, 0.2) is 30.3 Å². The molecule has 2 N–H and O–H groups in total. The first-order chi connectivity index (χ1) is 8.90. The lowest BCUT2D eigenvalue weighted by atomic mass is 9.98. The third-order valence-corrected chi connectivity index (χ3v) is 4.03. The Kier molecular flexibility index (Phi) is 4.19. The van der Waals surface area contributed by atoms with Crippen molar-refractivity contribution in [1.29, 1.82) is 0 Å². The van der Waals surface area contributed by atoms with Gasteiger partial charge in [-0.05, 0) is 61.2 Å². The molecular weight excluding hydrogens is 277 g/mol. The normalized spacial score (nSPS) is 12.5. The number of rotatable bonds is 2. The van der Waals surface area contributed by atoms with Gasteiger partial charge >= 0.3 is 0 Å². The molecule has 2 aromatic rings. The van der Waals surface area contributed by atoms with Crippen LogP contribution in [0.1, 0.15) is 29.7 Å². The van der Waals surface area contributed by atoms with Crippen LogP contribution in [-0.2, 0) is 0 Å². The van der Waals surface area contributed by atoms with Gasteiger partial charge in [0.05, 0.1) is 0 Å². The lowest BCUT2D eigenvalue weighted by Gasteiger charge is -2.12. The maximum atomic E-state index is 6.32. The van der Waals surface area contributed by atoms with Gasteiger partial charge in [-0.2, -0.15) is 0 Å². The van der Waals surface area contributed by atoms with Crippen molar-refractivity contribution in [3.8, 4) is 11.1 Å². The van der Waals surface area contributed by atoms with Gasteiger partial charge < -0.3 is 5.73 Å². The van der Waals surface area contributed by atoms with Gasteiger partial charge in [-0.3, -0.25) is 0 Å². The number of aryl methyl sites for hydroxylation is 2. The maximum absolute atomic E-state index is 6.32. The number of hydrogen-bond donors (Lipinski definition) is 1. The Balaban J connectivity index is 2.54. The van der Waals surface area contributed by atoms with Crippen LogP contribution in [0.2, 0.25) is 10.0 Å². The molecule has 19 heavy (non-hydrogen) atoms. The van der Waals surface area contributed by atoms with E-state index in [-0.39, 0.29) is 6.04 Å². The van der Waals surface area contributed by atoms with Crippen LogP contribution in [0.5, 0.6) is 0 Å². The van der Waals surface area contributed by atoms with Crippen molar-refractivity contribution in [3.63, 3.8) is 0 Å². The molecule has 0 amide bonds. The fourth-order valence-corrected chi connectivity index (χ4v) is 2.75. The van der Waals surface area contributed by atoms with Gasteiger partial charge in [0.15, 0.2) is 0 Å². The molecule has 2 rings (SSSR count). The molecule has 0 aliphatic heterocycles. The van der Waals surface area contributed by atoms with E-state index in [1.165, 1.54) is 11.1 Å². The fraction of sp³-hybridized carbons (Fsp3) is 0.250. The van der Waals surface area contributed by atoms with Crippen molar-refractivity contribution < 1.29 is 0 Å². The van der Waals surface area contributed by atoms with E-state index < -0.39 is 0 Å². The molecule has 1 atom stereocenters. The van der Waals surface area contributed by atoms with Gasteiger partial charge in [0.25, 0.3) is 0 Å². The van der Waals surface area contributed by atoms with Crippen LogP contribution in [0.4, 0.5) is 0 Å². The highest BCUT2D eigenvalue weighted by atomic mass is 35.5. The first-order valence-corrected chi connectivity index (χ1v) is 6.98. The molecule has 2 aromatic carbocycles. The number of benzene rings is 2. The molecular formula is C16H17Cl2N. The molecule has 0 spiro atoms. The summed E-state index contributed by atoms with van der Waals surface area (Å²) < 4.78 is 0. The summed E-state index contributed by atoms with van der Waals surface area (Å²) in [5.74, 6) is 0. The minimum absolute atomic E-state index is 0.0724. The average molecular weight is 294 g/mol. The molecule has 3 heteroatoms. The first-order valence-electron chi connectivity index (χ1n) is 6.22. The van der Waals surface area contributed by atoms with Crippen LogP contribution in [0.3, 0.4) is 0 Å². The van der Waals surface area contributed by atoms with E-state index in [0.29, 0.717) is 5.02 Å². The lowest BCUT2D eigenvalue weighted by molar-refractivity contribution is 0.819. The molecule has 1 unspecified atom stereocenters. The van der Waals surface area contributed by atoms with Crippen molar-refractivity contribution in [3.05, 3.63) is 57.1 Å². The second-order valence-corrected chi connectivity index (χ2v) is 5.76. The van der Waals surface area contributed by atoms with Crippen LogP contribution in [0.25, 0.3) is 11.1 Å². The predicted octanol–water partition coefficient (Wildman–Crippen LogP) is 5.30. The van der Waals surface area contributed by atoms with E-state index in [9.17, 15) is 0 Å². The molecule has 0 bridgehead atoms. The Hall–Kier alpha value is -1.02. The number of nitrogens with two attached hydrogens (primary N) is 1. The lowest BCUT2D eigenvalue weighted by Crippen LogP contribution is -2.05. The number of halogens is 2. The van der Waals surface area contributed by atoms with Crippen molar-refractivity contribution >= 4 is 23.2 Å². The third kappa shape index (κ3) is 2.94. The van der Waals surface area contributed by atoms with Crippen molar-refractivity contribution in [2.45, 2.75) is 26.8 Å². The minimum Gasteiger partial charge on any atom is -0.324 e. The summed E-state index contributed by atoms with van der Waals surface area (Å²) in [5, 5.41) is 1.43. The first kappa shape index (κ1) is 14.4. The molecule has 0 heterocycles. The van der Waals surface area contributed by atoms with E-state index in [1.54, 1.807) is 0 Å². The van der Waals surface area contributed by atoms with Crippen LogP contribution in [0, 0.1) is 13.8 Å². The SMILES string of the molecule is Cc1cc(Cl)c(-c2ccc(C(C)N)c(Cl)c2)cc1C. The average Bonchev–Trinajstić information content (AvgIpc) is 2.33. The largest absolute Gasteiger partial charge is 0.324 e. The minimum atomic E-state index is -0.0724. The van der Waals surface area contributed by atoms with Crippen LogP contribution in [-0.4, -0.2) is 0 Å². The standard InChI is InChI=1S/C16H17Cl2N/c1-9-6-14(15(17)7-10(9)2)12-4-5-13(11(3)19)16(18)8-12/h4-8,11H,19H2,1-3H3. The van der Waals surface area contributed by atoms with Gasteiger partial charge in [-0.25, -0.2) is 0 Å². The van der Waals surface area contributed by atoms with Gasteiger partial charge in [0.1, 0.15) is 0 Å². The monoisotopic (exact) mass is 293 g/mol. The van der Waals surface area contributed by atoms with E-state index >= 15 is 0 Å². The topological polar surface area (TPSA) is 26.0 Å². The van der Waals surface area contributed by atoms with Gasteiger partial charge in [0, 0.05) is 21.7 Å². The summed E-state index contributed by atoms with van der Waals surface area (Å²) in [4.78, 5) is 0. The van der Waals surface area contributed by atoms with Crippen LogP contribution >= 0.6 is 23.2 Å². The van der Waals surface area contributed by atoms with Crippen molar-refractivity contribution in [2.75, 3.05) is 0 Å². The van der Waals surface area contributed by atoms with Gasteiger partial charge in [-0.1, -0.05) is 35.3 Å². The Morgan fingerprint density at radius 1 is 0.947 bits per heavy atom. The van der Waals surface area contributed by atoms with Gasteiger partial charge in [-0.15, -0.1) is 0 Å². The molecule has 0 aliphatic carbocycles. The quantitative estimate of drug-likeness (QED) is 0.799. The summed E-state index contributed by atoms with van der Waals surface area (Å²) in [5.41, 5.74) is 11.2. The predicted molar refractivity (Wildman–Crippen MR) is 84.0 cm³/mol. The zero-order valence-corrected chi connectivity index (χ0v) is 12.8. The summed E-state index contributed by atoms with van der Waals surface area (Å²) in [6, 6.07) is 9.91. The molecule has 100 valence electrons. The zero-order chi connectivity index (χ0) is 14.2. The molecule has 0 saturated heterocycles. The van der Waals surface area contributed by atoms with Crippen LogP contribution < -0.4 is 5.73 Å². The van der Waals surface area contributed by atoms with Crippen molar-refractivity contribution in [2.24, 2.45) is 5.73 Å². The molecule has 0 saturated carbocycles. The summed E-state index contributed by atoms with van der Waals surface area (Å²) in [6.07, 6.45) is 0. The molecule has 0 radical (unpaired) electrons. The molecule has 1 nitrogen and oxygen atoms in total. The zero-order valence-electron chi connectivity index (χ0n) is 11.3. The Morgan fingerprint density at radius 2 is 1.58 bits per heavy atom. The molecule has 0 aromatic heterocycles. The van der Waals surface area contributed by atoms with E-state index in [4.69, 9.17) is 28.9 Å². The van der Waals surface area contributed by atoms with E-state index in [1.807, 2.05) is 31.2 Å². The number of hydrogen-bond acceptors (Lipinski definition) is 1. The van der Waals surface area contributed by atoms with Crippen molar-refractivity contribution in [1.82, 2.24) is 0 Å². The van der Waals surface area contributed by atoms with E-state index in [2.05, 4.69) is 19.9 Å². The second kappa shape index (κ2) is 5.54. The highest BCUT2D eigenvalue weighted by Gasteiger charge is 2.10. The van der Waals surface area contributed by atoms with E-state index in [0.717, 1.165) is 21.7 Å².